The van der Waals surface area contributed by atoms with Crippen molar-refractivity contribution in [3.8, 4) is 11.8 Å². The van der Waals surface area contributed by atoms with Crippen LogP contribution in [0.3, 0.4) is 0 Å². The molecule has 0 atom stereocenters. The van der Waals surface area contributed by atoms with E-state index < -0.39 is 16.2 Å². The highest BCUT2D eigenvalue weighted by molar-refractivity contribution is 7.87. The summed E-state index contributed by atoms with van der Waals surface area (Å²) in [5.41, 5.74) is 0. The van der Waals surface area contributed by atoms with Crippen molar-refractivity contribution in [1.29, 1.82) is 0 Å². The Morgan fingerprint density at radius 3 is 2.10 bits per heavy atom. The maximum Gasteiger partial charge on any atom is 0.336 e. The Morgan fingerprint density at radius 1 is 1.20 bits per heavy atom. The number of carbonyl (C=O) groups is 1. The zero-order chi connectivity index (χ0) is 15.3. The summed E-state index contributed by atoms with van der Waals surface area (Å²) < 4.78 is 35.3. The van der Waals surface area contributed by atoms with Gasteiger partial charge in [-0.1, -0.05) is 0 Å². The number of rotatable bonds is 5. The van der Waals surface area contributed by atoms with Gasteiger partial charge in [0.15, 0.2) is 0 Å². The van der Waals surface area contributed by atoms with Crippen LogP contribution in [-0.2, 0) is 10.2 Å². The first kappa shape index (κ1) is 15.9. The third kappa shape index (κ3) is 4.20. The lowest BCUT2D eigenvalue weighted by Crippen LogP contribution is -2.41. The summed E-state index contributed by atoms with van der Waals surface area (Å²) in [5.74, 6) is 0.151. The maximum atomic E-state index is 11.5. The van der Waals surface area contributed by atoms with Crippen molar-refractivity contribution in [3.05, 3.63) is 6.07 Å². The lowest BCUT2D eigenvalue weighted by atomic mass is 10.6. The molecule has 2 N–H and O–H groups in total. The molecule has 10 nitrogen and oxygen atoms in total. The Bertz CT molecular complexity index is 566. The number of hydrogen-bond donors (Lipinski definition) is 2. The van der Waals surface area contributed by atoms with Crippen molar-refractivity contribution in [3.63, 3.8) is 0 Å². The summed E-state index contributed by atoms with van der Waals surface area (Å²) in [6.07, 6.45) is 0. The number of ether oxygens (including phenoxy) is 2. The fraction of sp³-hybridized carbons (Fsp3) is 0.444. The minimum Gasteiger partial charge on any atom is -0.481 e. The van der Waals surface area contributed by atoms with Crippen molar-refractivity contribution >= 4 is 22.2 Å². The van der Waals surface area contributed by atoms with Crippen molar-refractivity contribution in [2.24, 2.45) is 0 Å². The molecule has 1 aromatic rings. The van der Waals surface area contributed by atoms with Gasteiger partial charge in [-0.25, -0.2) is 9.52 Å². The highest BCUT2D eigenvalue weighted by Gasteiger charge is 2.18. The molecule has 0 saturated heterocycles. The first-order valence-corrected chi connectivity index (χ1v) is 6.71. The third-order valence-electron chi connectivity index (χ3n) is 2.03. The molecule has 2 amide bonds. The summed E-state index contributed by atoms with van der Waals surface area (Å²) in [7, 11) is 1.42. The van der Waals surface area contributed by atoms with Crippen molar-refractivity contribution < 1.29 is 22.7 Å². The number of anilines is 1. The molecule has 0 unspecified atom stereocenters. The van der Waals surface area contributed by atoms with Crippen molar-refractivity contribution in [2.45, 2.75) is 0 Å². The van der Waals surface area contributed by atoms with Gasteiger partial charge in [0.05, 0.1) is 20.3 Å². The average Bonchev–Trinajstić information content (AvgIpc) is 2.37. The lowest BCUT2D eigenvalue weighted by Gasteiger charge is -2.12. The normalized spacial score (nSPS) is 11.1. The van der Waals surface area contributed by atoms with Crippen LogP contribution in [0.25, 0.3) is 0 Å². The first-order valence-electron chi connectivity index (χ1n) is 5.27. The molecule has 0 bridgehead atoms. The average molecular weight is 305 g/mol. The fourth-order valence-electron chi connectivity index (χ4n) is 1.00. The van der Waals surface area contributed by atoms with E-state index in [-0.39, 0.29) is 17.7 Å². The molecule has 20 heavy (non-hydrogen) atoms. The summed E-state index contributed by atoms with van der Waals surface area (Å²) in [5, 5.41) is 2.16. The molecule has 0 aromatic carbocycles. The van der Waals surface area contributed by atoms with E-state index in [1.54, 1.807) is 4.72 Å². The van der Waals surface area contributed by atoms with Gasteiger partial charge in [0.2, 0.25) is 17.7 Å². The number of nitrogens with zero attached hydrogens (tertiary/aromatic N) is 3. The zero-order valence-corrected chi connectivity index (χ0v) is 12.2. The van der Waals surface area contributed by atoms with Crippen LogP contribution < -0.4 is 19.5 Å². The SMILES string of the molecule is COc1cc(OC)nc(NC(=O)NS(=O)(=O)N(C)C)n1. The molecule has 1 rings (SSSR count). The van der Waals surface area contributed by atoms with Gasteiger partial charge in [-0.2, -0.15) is 22.7 Å². The van der Waals surface area contributed by atoms with Crippen molar-refractivity contribution in [1.82, 2.24) is 19.0 Å². The number of carbonyl (C=O) groups excluding carboxylic acids is 1. The predicted octanol–water partition coefficient (Wildman–Crippen LogP) is -0.578. The zero-order valence-electron chi connectivity index (χ0n) is 11.4. The minimum absolute atomic E-state index is 0.155. The lowest BCUT2D eigenvalue weighted by molar-refractivity contribution is 0.256. The Labute approximate surface area is 116 Å². The Kier molecular flexibility index (Phi) is 5.05. The van der Waals surface area contributed by atoms with E-state index in [1.165, 1.54) is 34.4 Å². The monoisotopic (exact) mass is 305 g/mol. The van der Waals surface area contributed by atoms with Crippen LogP contribution in [0.5, 0.6) is 11.8 Å². The number of hydrogen-bond acceptors (Lipinski definition) is 7. The summed E-state index contributed by atoms with van der Waals surface area (Å²) in [6, 6.07) is 0.397. The number of nitrogens with one attached hydrogen (secondary N) is 2. The van der Waals surface area contributed by atoms with Gasteiger partial charge in [-0.15, -0.1) is 0 Å². The maximum absolute atomic E-state index is 11.5. The fourth-order valence-corrected chi connectivity index (χ4v) is 1.47. The van der Waals surface area contributed by atoms with E-state index >= 15 is 0 Å². The topological polar surface area (TPSA) is 123 Å². The molecule has 1 aromatic heterocycles. The van der Waals surface area contributed by atoms with Crippen LogP contribution >= 0.6 is 0 Å². The van der Waals surface area contributed by atoms with E-state index in [4.69, 9.17) is 9.47 Å². The third-order valence-corrected chi connectivity index (χ3v) is 3.43. The van der Waals surface area contributed by atoms with Crippen LogP contribution in [0.2, 0.25) is 0 Å². The summed E-state index contributed by atoms with van der Waals surface area (Å²) >= 11 is 0. The molecular weight excluding hydrogens is 290 g/mol. The van der Waals surface area contributed by atoms with Gasteiger partial charge < -0.3 is 9.47 Å². The summed E-state index contributed by atoms with van der Waals surface area (Å²) in [6.45, 7) is 0. The molecule has 1 heterocycles. The smallest absolute Gasteiger partial charge is 0.336 e. The first-order chi connectivity index (χ1) is 9.28. The van der Waals surface area contributed by atoms with Gasteiger partial charge in [0.25, 0.3) is 0 Å². The molecule has 0 saturated carbocycles. The van der Waals surface area contributed by atoms with E-state index in [1.807, 2.05) is 0 Å². The van der Waals surface area contributed by atoms with E-state index in [2.05, 4.69) is 15.3 Å². The molecule has 0 radical (unpaired) electrons. The summed E-state index contributed by atoms with van der Waals surface area (Å²) in [4.78, 5) is 19.2. The quantitative estimate of drug-likeness (QED) is 0.746. The molecule has 0 aliphatic carbocycles. The van der Waals surface area contributed by atoms with Crippen LogP contribution in [0.1, 0.15) is 0 Å². The van der Waals surface area contributed by atoms with Crippen molar-refractivity contribution in [2.75, 3.05) is 33.6 Å². The highest BCUT2D eigenvalue weighted by Crippen LogP contribution is 2.17. The number of urea groups is 1. The van der Waals surface area contributed by atoms with E-state index in [0.29, 0.717) is 0 Å². The molecule has 0 fully saturated rings. The van der Waals surface area contributed by atoms with Crippen LogP contribution in [0.4, 0.5) is 10.7 Å². The standard InChI is InChI=1S/C9H15N5O5S/c1-14(2)20(16,17)13-9(15)12-8-10-6(18-3)5-7(11-8)19-4/h5H,1-4H3,(H2,10,11,12,13,15). The Hall–Kier alpha value is -2.14. The minimum atomic E-state index is -3.90. The molecular formula is C9H15N5O5S. The van der Waals surface area contributed by atoms with Crippen LogP contribution in [0, 0.1) is 0 Å². The Morgan fingerprint density at radius 2 is 1.70 bits per heavy atom. The molecule has 0 spiro atoms. The molecule has 11 heteroatoms. The van der Waals surface area contributed by atoms with Gasteiger partial charge in [-0.05, 0) is 0 Å². The molecule has 0 aliphatic rings. The van der Waals surface area contributed by atoms with E-state index in [0.717, 1.165) is 4.31 Å². The number of amides is 2. The highest BCUT2D eigenvalue weighted by atomic mass is 32.2. The molecule has 0 aliphatic heterocycles. The second kappa shape index (κ2) is 6.34. The largest absolute Gasteiger partial charge is 0.481 e. The number of methoxy groups -OCH3 is 2. The van der Waals surface area contributed by atoms with Gasteiger partial charge in [0.1, 0.15) is 0 Å². The van der Waals surface area contributed by atoms with Gasteiger partial charge in [-0.3, -0.25) is 5.32 Å². The van der Waals surface area contributed by atoms with E-state index in [9.17, 15) is 13.2 Å². The van der Waals surface area contributed by atoms with Crippen LogP contribution in [-0.4, -0.2) is 57.0 Å². The predicted molar refractivity (Wildman–Crippen MR) is 69.9 cm³/mol. The number of aromatic nitrogens is 2. The second-order valence-corrected chi connectivity index (χ2v) is 5.50. The van der Waals surface area contributed by atoms with Crippen LogP contribution in [0.15, 0.2) is 6.07 Å². The van der Waals surface area contributed by atoms with Gasteiger partial charge in [0, 0.05) is 14.1 Å². The Balaban J connectivity index is 2.86. The van der Waals surface area contributed by atoms with Gasteiger partial charge >= 0.3 is 16.2 Å². The molecule has 112 valence electrons. The second-order valence-electron chi connectivity index (χ2n) is 3.62.